The summed E-state index contributed by atoms with van der Waals surface area (Å²) in [4.78, 5) is 39.2. The number of rotatable bonds is 7. The molecule has 0 spiro atoms. The first kappa shape index (κ1) is 22.3. The second-order valence-corrected chi connectivity index (χ2v) is 7.99. The zero-order valence-electron chi connectivity index (χ0n) is 18.2. The van der Waals surface area contributed by atoms with Gasteiger partial charge in [-0.1, -0.05) is 45.0 Å². The van der Waals surface area contributed by atoms with Gasteiger partial charge in [-0.15, -0.1) is 0 Å². The lowest BCUT2D eigenvalue weighted by atomic mass is 9.91. The molecule has 1 aliphatic rings. The van der Waals surface area contributed by atoms with Crippen molar-refractivity contribution in [3.05, 3.63) is 76.6 Å². The predicted octanol–water partition coefficient (Wildman–Crippen LogP) is 4.55. The Morgan fingerprint density at radius 2 is 1.68 bits per heavy atom. The van der Waals surface area contributed by atoms with Gasteiger partial charge in [-0.2, -0.15) is 0 Å². The van der Waals surface area contributed by atoms with Crippen LogP contribution < -0.4 is 4.90 Å². The standard InChI is InChI=1S/C25H27NO5/c1-5-16-6-8-17(9-7-16)22-21(20(27)14-15(2)3)23(28)24(29)26(22)19-12-10-18(11-13-19)25(30)31-4/h6-13,15,22,28H,5,14H2,1-4H3. The molecule has 0 saturated carbocycles. The molecular formula is C25H27NO5. The number of methoxy groups -OCH3 is 1. The van der Waals surface area contributed by atoms with Crippen molar-refractivity contribution in [1.29, 1.82) is 0 Å². The molecule has 0 bridgehead atoms. The SMILES string of the molecule is CCc1ccc(C2C(C(=O)CC(C)C)=C(O)C(=O)N2c2ccc(C(=O)OC)cc2)cc1. The average molecular weight is 421 g/mol. The molecule has 6 heteroatoms. The van der Waals surface area contributed by atoms with Gasteiger partial charge < -0.3 is 9.84 Å². The number of Topliss-reactive ketones (excluding diaryl/α,β-unsaturated/α-hetero) is 1. The van der Waals surface area contributed by atoms with Gasteiger partial charge in [-0.05, 0) is 47.7 Å². The number of ether oxygens (including phenoxy) is 1. The first-order valence-electron chi connectivity index (χ1n) is 10.4. The number of aliphatic hydroxyl groups is 1. The van der Waals surface area contributed by atoms with Crippen LogP contribution in [0.2, 0.25) is 0 Å². The monoisotopic (exact) mass is 421 g/mol. The van der Waals surface area contributed by atoms with E-state index in [2.05, 4.69) is 0 Å². The predicted molar refractivity (Wildman–Crippen MR) is 118 cm³/mol. The number of hydrogen-bond acceptors (Lipinski definition) is 5. The molecule has 0 aliphatic carbocycles. The van der Waals surface area contributed by atoms with Crippen LogP contribution in [0.1, 0.15) is 54.7 Å². The lowest BCUT2D eigenvalue weighted by Gasteiger charge is -2.27. The quantitative estimate of drug-likeness (QED) is 0.663. The second kappa shape index (κ2) is 9.16. The Kier molecular flexibility index (Phi) is 6.59. The van der Waals surface area contributed by atoms with E-state index >= 15 is 0 Å². The second-order valence-electron chi connectivity index (χ2n) is 7.99. The number of aliphatic hydroxyl groups excluding tert-OH is 1. The molecule has 162 valence electrons. The molecule has 0 saturated heterocycles. The fraction of sp³-hybridized carbons (Fsp3) is 0.320. The van der Waals surface area contributed by atoms with E-state index in [1.54, 1.807) is 24.3 Å². The number of anilines is 1. The van der Waals surface area contributed by atoms with E-state index in [4.69, 9.17) is 4.74 Å². The number of ketones is 1. The third-order valence-corrected chi connectivity index (χ3v) is 5.37. The number of benzene rings is 2. The van der Waals surface area contributed by atoms with Crippen molar-refractivity contribution in [3.8, 4) is 0 Å². The summed E-state index contributed by atoms with van der Waals surface area (Å²) in [6.45, 7) is 5.88. The Hall–Kier alpha value is -3.41. The van der Waals surface area contributed by atoms with Gasteiger partial charge in [0.1, 0.15) is 0 Å². The van der Waals surface area contributed by atoms with Crippen LogP contribution in [0.15, 0.2) is 59.9 Å². The maximum absolute atomic E-state index is 13.1. The molecule has 2 aromatic rings. The van der Waals surface area contributed by atoms with Crippen LogP contribution in [0.25, 0.3) is 0 Å². The van der Waals surface area contributed by atoms with E-state index in [0.29, 0.717) is 11.3 Å². The number of carbonyl (C=O) groups excluding carboxylic acids is 3. The molecule has 1 heterocycles. The zero-order chi connectivity index (χ0) is 22.7. The van der Waals surface area contributed by atoms with Gasteiger partial charge in [0.05, 0.1) is 24.3 Å². The van der Waals surface area contributed by atoms with Gasteiger partial charge in [0.15, 0.2) is 11.5 Å². The molecule has 1 amide bonds. The molecule has 3 rings (SSSR count). The minimum absolute atomic E-state index is 0.0828. The fourth-order valence-corrected chi connectivity index (χ4v) is 3.76. The largest absolute Gasteiger partial charge is 0.503 e. The number of aryl methyl sites for hydroxylation is 1. The number of esters is 1. The molecule has 1 unspecified atom stereocenters. The van der Waals surface area contributed by atoms with E-state index in [0.717, 1.165) is 17.5 Å². The van der Waals surface area contributed by atoms with E-state index in [1.807, 2.05) is 45.0 Å². The topological polar surface area (TPSA) is 83.9 Å². The number of hydrogen-bond donors (Lipinski definition) is 1. The van der Waals surface area contributed by atoms with Crippen LogP contribution in [0.3, 0.4) is 0 Å². The van der Waals surface area contributed by atoms with Crippen molar-refractivity contribution in [3.63, 3.8) is 0 Å². The van der Waals surface area contributed by atoms with Crippen molar-refractivity contribution in [1.82, 2.24) is 0 Å². The highest BCUT2D eigenvalue weighted by atomic mass is 16.5. The fourth-order valence-electron chi connectivity index (χ4n) is 3.76. The third kappa shape index (κ3) is 4.38. The van der Waals surface area contributed by atoms with Crippen molar-refractivity contribution < 1.29 is 24.2 Å². The molecule has 2 aromatic carbocycles. The van der Waals surface area contributed by atoms with Crippen molar-refractivity contribution in [2.75, 3.05) is 12.0 Å². The van der Waals surface area contributed by atoms with E-state index in [-0.39, 0.29) is 23.7 Å². The van der Waals surface area contributed by atoms with Gasteiger partial charge in [-0.3, -0.25) is 14.5 Å². The van der Waals surface area contributed by atoms with Crippen LogP contribution in [-0.2, 0) is 20.7 Å². The minimum Gasteiger partial charge on any atom is -0.503 e. The van der Waals surface area contributed by atoms with Crippen LogP contribution >= 0.6 is 0 Å². The lowest BCUT2D eigenvalue weighted by Crippen LogP contribution is -2.31. The van der Waals surface area contributed by atoms with Gasteiger partial charge in [-0.25, -0.2) is 4.79 Å². The van der Waals surface area contributed by atoms with Crippen molar-refractivity contribution in [2.45, 2.75) is 39.7 Å². The molecule has 1 N–H and O–H groups in total. The highest BCUT2D eigenvalue weighted by molar-refractivity contribution is 6.16. The molecule has 31 heavy (non-hydrogen) atoms. The number of amides is 1. The van der Waals surface area contributed by atoms with Gasteiger partial charge in [0.25, 0.3) is 5.91 Å². The van der Waals surface area contributed by atoms with Crippen LogP contribution in [0.5, 0.6) is 0 Å². The highest BCUT2D eigenvalue weighted by Crippen LogP contribution is 2.41. The number of carbonyl (C=O) groups is 3. The van der Waals surface area contributed by atoms with Crippen LogP contribution in [0.4, 0.5) is 5.69 Å². The molecule has 0 radical (unpaired) electrons. The summed E-state index contributed by atoms with van der Waals surface area (Å²) in [6, 6.07) is 13.3. The molecule has 6 nitrogen and oxygen atoms in total. The summed E-state index contributed by atoms with van der Waals surface area (Å²) in [6.07, 6.45) is 1.09. The molecule has 0 aromatic heterocycles. The maximum Gasteiger partial charge on any atom is 0.337 e. The molecule has 1 atom stereocenters. The van der Waals surface area contributed by atoms with E-state index in [1.165, 1.54) is 12.0 Å². The van der Waals surface area contributed by atoms with Crippen molar-refractivity contribution >= 4 is 23.3 Å². The smallest absolute Gasteiger partial charge is 0.337 e. The Morgan fingerprint density at radius 1 is 1.06 bits per heavy atom. The van der Waals surface area contributed by atoms with Gasteiger partial charge in [0, 0.05) is 12.1 Å². The van der Waals surface area contributed by atoms with Crippen molar-refractivity contribution in [2.24, 2.45) is 5.92 Å². The Morgan fingerprint density at radius 3 is 2.19 bits per heavy atom. The summed E-state index contributed by atoms with van der Waals surface area (Å²) >= 11 is 0. The van der Waals surface area contributed by atoms with Gasteiger partial charge in [0.2, 0.25) is 0 Å². The normalized spacial score (nSPS) is 16.2. The maximum atomic E-state index is 13.1. The number of nitrogens with zero attached hydrogens (tertiary/aromatic N) is 1. The Bertz CT molecular complexity index is 1020. The molecule has 1 aliphatic heterocycles. The van der Waals surface area contributed by atoms with Crippen LogP contribution in [-0.4, -0.2) is 29.9 Å². The van der Waals surface area contributed by atoms with Crippen LogP contribution in [0, 0.1) is 5.92 Å². The van der Waals surface area contributed by atoms with E-state index < -0.39 is 23.7 Å². The molecule has 0 fully saturated rings. The Balaban J connectivity index is 2.09. The zero-order valence-corrected chi connectivity index (χ0v) is 18.2. The first-order chi connectivity index (χ1) is 14.8. The van der Waals surface area contributed by atoms with Gasteiger partial charge >= 0.3 is 5.97 Å². The summed E-state index contributed by atoms with van der Waals surface area (Å²) in [5.41, 5.74) is 2.79. The minimum atomic E-state index is -0.742. The average Bonchev–Trinajstić information content (AvgIpc) is 3.03. The first-order valence-corrected chi connectivity index (χ1v) is 10.4. The summed E-state index contributed by atoms with van der Waals surface area (Å²) < 4.78 is 4.73. The lowest BCUT2D eigenvalue weighted by molar-refractivity contribution is -0.118. The summed E-state index contributed by atoms with van der Waals surface area (Å²) in [5.74, 6) is -1.81. The Labute approximate surface area is 182 Å². The highest BCUT2D eigenvalue weighted by Gasteiger charge is 2.44. The summed E-state index contributed by atoms with van der Waals surface area (Å²) in [7, 11) is 1.30. The molecular weight excluding hydrogens is 394 g/mol. The third-order valence-electron chi connectivity index (χ3n) is 5.37. The van der Waals surface area contributed by atoms with E-state index in [9.17, 15) is 19.5 Å². The summed E-state index contributed by atoms with van der Waals surface area (Å²) in [5, 5.41) is 10.7.